The molecule has 3 rings (SSSR count). The summed E-state index contributed by atoms with van der Waals surface area (Å²) in [4.78, 5) is 23.2. The predicted octanol–water partition coefficient (Wildman–Crippen LogP) is 3.99. The lowest BCUT2D eigenvalue weighted by Gasteiger charge is -2.27. The van der Waals surface area contributed by atoms with E-state index >= 15 is 0 Å². The fourth-order valence-corrected chi connectivity index (χ4v) is 3.85. The van der Waals surface area contributed by atoms with E-state index in [9.17, 15) is 19.8 Å². The summed E-state index contributed by atoms with van der Waals surface area (Å²) in [7, 11) is 0. The van der Waals surface area contributed by atoms with Crippen molar-refractivity contribution in [2.45, 2.75) is 38.6 Å². The third-order valence-electron chi connectivity index (χ3n) is 5.58. The molecule has 1 saturated carbocycles. The summed E-state index contributed by atoms with van der Waals surface area (Å²) >= 11 is 0. The lowest BCUT2D eigenvalue weighted by Crippen LogP contribution is -2.29. The first kappa shape index (κ1) is 19.9. The number of hydrogen-bond acceptors (Lipinski definition) is 4. The third-order valence-corrected chi connectivity index (χ3v) is 5.58. The van der Waals surface area contributed by atoms with Crippen LogP contribution in [0.5, 0.6) is 0 Å². The molecule has 0 radical (unpaired) electrons. The van der Waals surface area contributed by atoms with Gasteiger partial charge in [-0.25, -0.2) is 9.59 Å². The van der Waals surface area contributed by atoms with Crippen molar-refractivity contribution in [2.24, 2.45) is 11.7 Å². The van der Waals surface area contributed by atoms with Gasteiger partial charge in [0.15, 0.2) is 0 Å². The molecule has 0 saturated heterocycles. The molecule has 2 aromatic rings. The summed E-state index contributed by atoms with van der Waals surface area (Å²) < 4.78 is 0. The monoisotopic (exact) mass is 382 g/mol. The molecule has 28 heavy (non-hydrogen) atoms. The van der Waals surface area contributed by atoms with E-state index in [1.165, 1.54) is 6.92 Å². The number of anilines is 1. The predicted molar refractivity (Wildman–Crippen MR) is 109 cm³/mol. The van der Waals surface area contributed by atoms with E-state index in [4.69, 9.17) is 5.73 Å². The number of aromatic carboxylic acids is 2. The highest BCUT2D eigenvalue weighted by Gasteiger charge is 2.20. The fourth-order valence-electron chi connectivity index (χ4n) is 3.85. The van der Waals surface area contributed by atoms with Gasteiger partial charge in [0, 0.05) is 23.8 Å². The number of carbonyl (C=O) groups is 2. The first-order valence-electron chi connectivity index (χ1n) is 9.57. The molecule has 0 aliphatic heterocycles. The second-order valence-electron chi connectivity index (χ2n) is 7.51. The lowest BCUT2D eigenvalue weighted by molar-refractivity contribution is 0.0696. The molecule has 0 atom stereocenters. The third kappa shape index (κ3) is 4.34. The van der Waals surface area contributed by atoms with E-state index < -0.39 is 11.9 Å². The lowest BCUT2D eigenvalue weighted by atomic mass is 9.86. The van der Waals surface area contributed by atoms with Crippen LogP contribution in [0, 0.1) is 12.8 Å². The van der Waals surface area contributed by atoms with Crippen LogP contribution < -0.4 is 11.1 Å². The highest BCUT2D eigenvalue weighted by molar-refractivity contribution is 5.99. The van der Waals surface area contributed by atoms with Crippen molar-refractivity contribution < 1.29 is 19.8 Å². The first-order valence-corrected chi connectivity index (χ1v) is 9.57. The van der Waals surface area contributed by atoms with Gasteiger partial charge in [-0.2, -0.15) is 0 Å². The number of nitrogens with two attached hydrogens (primary N) is 1. The molecule has 1 aliphatic rings. The van der Waals surface area contributed by atoms with E-state index in [1.807, 2.05) is 24.3 Å². The molecular formula is C22H26N2O4. The van der Waals surface area contributed by atoms with Crippen molar-refractivity contribution in [3.05, 3.63) is 53.1 Å². The Balaban J connectivity index is 1.92. The zero-order valence-electron chi connectivity index (χ0n) is 15.9. The average molecular weight is 382 g/mol. The number of para-hydroxylation sites is 1. The SMILES string of the molecule is Cc1c(C(=O)O)cc(-c2ccccc2NC[C@H]2CC[C@H](N)CC2)cc1C(=O)O. The second-order valence-corrected chi connectivity index (χ2v) is 7.51. The van der Waals surface area contributed by atoms with Gasteiger partial charge < -0.3 is 21.3 Å². The minimum Gasteiger partial charge on any atom is -0.478 e. The Kier molecular flexibility index (Phi) is 5.99. The van der Waals surface area contributed by atoms with Gasteiger partial charge in [0.2, 0.25) is 0 Å². The largest absolute Gasteiger partial charge is 0.478 e. The summed E-state index contributed by atoms with van der Waals surface area (Å²) in [6.07, 6.45) is 4.26. The van der Waals surface area contributed by atoms with Crippen LogP contribution in [-0.4, -0.2) is 34.7 Å². The Morgan fingerprint density at radius 1 is 1.04 bits per heavy atom. The van der Waals surface area contributed by atoms with Gasteiger partial charge in [-0.3, -0.25) is 0 Å². The molecule has 0 bridgehead atoms. The molecule has 148 valence electrons. The smallest absolute Gasteiger partial charge is 0.335 e. The van der Waals surface area contributed by atoms with Crippen LogP contribution in [0.3, 0.4) is 0 Å². The summed E-state index contributed by atoms with van der Waals surface area (Å²) in [6, 6.07) is 11.0. The summed E-state index contributed by atoms with van der Waals surface area (Å²) in [6.45, 7) is 2.34. The van der Waals surface area contributed by atoms with Gasteiger partial charge >= 0.3 is 11.9 Å². The van der Waals surface area contributed by atoms with Crippen LogP contribution in [0.1, 0.15) is 52.0 Å². The van der Waals surface area contributed by atoms with Crippen molar-refractivity contribution in [1.29, 1.82) is 0 Å². The average Bonchev–Trinajstić information content (AvgIpc) is 2.67. The Morgan fingerprint density at radius 3 is 2.18 bits per heavy atom. The van der Waals surface area contributed by atoms with Gasteiger partial charge in [0.1, 0.15) is 0 Å². The van der Waals surface area contributed by atoms with Gasteiger partial charge in [0.05, 0.1) is 11.1 Å². The zero-order chi connectivity index (χ0) is 20.3. The zero-order valence-corrected chi connectivity index (χ0v) is 15.9. The molecule has 1 aliphatic carbocycles. The van der Waals surface area contributed by atoms with E-state index in [1.54, 1.807) is 12.1 Å². The number of nitrogens with one attached hydrogen (secondary N) is 1. The standard InChI is InChI=1S/C22H26N2O4/c1-13-18(21(25)26)10-15(11-19(13)22(27)28)17-4-2-3-5-20(17)24-12-14-6-8-16(23)9-7-14/h2-5,10-11,14,16,24H,6-9,12,23H2,1H3,(H,25,26)(H,27,28)/t14-,16-. The van der Waals surface area contributed by atoms with E-state index in [0.29, 0.717) is 17.5 Å². The van der Waals surface area contributed by atoms with Crippen molar-refractivity contribution in [2.75, 3.05) is 11.9 Å². The summed E-state index contributed by atoms with van der Waals surface area (Å²) in [5.74, 6) is -1.72. The van der Waals surface area contributed by atoms with Crippen LogP contribution in [0.15, 0.2) is 36.4 Å². The van der Waals surface area contributed by atoms with Crippen molar-refractivity contribution in [3.8, 4) is 11.1 Å². The molecule has 6 heteroatoms. The van der Waals surface area contributed by atoms with Gasteiger partial charge in [0.25, 0.3) is 0 Å². The Morgan fingerprint density at radius 2 is 1.61 bits per heavy atom. The summed E-state index contributed by atoms with van der Waals surface area (Å²) in [5.41, 5.74) is 8.48. The quantitative estimate of drug-likeness (QED) is 0.601. The van der Waals surface area contributed by atoms with Crippen LogP contribution in [0.4, 0.5) is 5.69 Å². The second kappa shape index (κ2) is 8.44. The highest BCUT2D eigenvalue weighted by atomic mass is 16.4. The van der Waals surface area contributed by atoms with E-state index in [0.717, 1.165) is 43.5 Å². The first-order chi connectivity index (χ1) is 13.4. The molecule has 1 fully saturated rings. The number of carboxylic acid groups (broad SMARTS) is 2. The molecule has 2 aromatic carbocycles. The van der Waals surface area contributed by atoms with Gasteiger partial charge in [-0.15, -0.1) is 0 Å². The maximum absolute atomic E-state index is 11.6. The van der Waals surface area contributed by atoms with Crippen molar-refractivity contribution >= 4 is 17.6 Å². The Labute approximate surface area is 164 Å². The number of hydrogen-bond donors (Lipinski definition) is 4. The molecule has 0 heterocycles. The maximum Gasteiger partial charge on any atom is 0.335 e. The fraction of sp³-hybridized carbons (Fsp3) is 0.364. The number of benzene rings is 2. The Bertz CT molecular complexity index is 851. The van der Waals surface area contributed by atoms with E-state index in [2.05, 4.69) is 5.32 Å². The molecule has 5 N–H and O–H groups in total. The van der Waals surface area contributed by atoms with Crippen LogP contribution >= 0.6 is 0 Å². The Hall–Kier alpha value is -2.86. The van der Waals surface area contributed by atoms with Crippen molar-refractivity contribution in [3.63, 3.8) is 0 Å². The van der Waals surface area contributed by atoms with Crippen LogP contribution in [-0.2, 0) is 0 Å². The molecule has 0 unspecified atom stereocenters. The summed E-state index contributed by atoms with van der Waals surface area (Å²) in [5, 5.41) is 22.5. The van der Waals surface area contributed by atoms with E-state index in [-0.39, 0.29) is 16.7 Å². The van der Waals surface area contributed by atoms with Gasteiger partial charge in [-0.1, -0.05) is 18.2 Å². The van der Waals surface area contributed by atoms with Gasteiger partial charge in [-0.05, 0) is 67.9 Å². The topological polar surface area (TPSA) is 113 Å². The van der Waals surface area contributed by atoms with Crippen molar-refractivity contribution in [1.82, 2.24) is 0 Å². The van der Waals surface area contributed by atoms with Crippen LogP contribution in [0.25, 0.3) is 11.1 Å². The van der Waals surface area contributed by atoms with Crippen LogP contribution in [0.2, 0.25) is 0 Å². The number of rotatable bonds is 6. The molecule has 6 nitrogen and oxygen atoms in total. The normalized spacial score (nSPS) is 19.2. The highest BCUT2D eigenvalue weighted by Crippen LogP contribution is 2.32. The minimum absolute atomic E-state index is 0.00553. The number of carboxylic acids is 2. The molecule has 0 spiro atoms. The maximum atomic E-state index is 11.6. The molecule has 0 aromatic heterocycles. The minimum atomic E-state index is -1.13. The molecule has 0 amide bonds. The molecular weight excluding hydrogens is 356 g/mol.